The van der Waals surface area contributed by atoms with Crippen molar-refractivity contribution < 1.29 is 9.84 Å². The Labute approximate surface area is 131 Å². The van der Waals surface area contributed by atoms with Crippen molar-refractivity contribution in [3.63, 3.8) is 0 Å². The van der Waals surface area contributed by atoms with Crippen LogP contribution in [0.4, 0.5) is 0 Å². The summed E-state index contributed by atoms with van der Waals surface area (Å²) in [7, 11) is 0. The predicted molar refractivity (Wildman–Crippen MR) is 85.6 cm³/mol. The van der Waals surface area contributed by atoms with Crippen LogP contribution in [-0.4, -0.2) is 21.7 Å². The van der Waals surface area contributed by atoms with Crippen LogP contribution in [0.2, 0.25) is 5.02 Å². The predicted octanol–water partition coefficient (Wildman–Crippen LogP) is 3.35. The van der Waals surface area contributed by atoms with E-state index in [1.165, 1.54) is 6.07 Å². The summed E-state index contributed by atoms with van der Waals surface area (Å²) in [5.74, 6) is 0.835. The average molecular weight is 317 g/mol. The maximum absolute atomic E-state index is 12.1. The lowest BCUT2D eigenvalue weighted by Crippen LogP contribution is -2.09. The molecule has 5 nitrogen and oxygen atoms in total. The molecule has 112 valence electrons. The highest BCUT2D eigenvalue weighted by Gasteiger charge is 2.11. The first-order valence-corrected chi connectivity index (χ1v) is 7.12. The molecule has 6 heteroatoms. The van der Waals surface area contributed by atoms with E-state index in [0.717, 1.165) is 0 Å². The monoisotopic (exact) mass is 316 g/mol. The number of rotatable bonds is 3. The maximum Gasteiger partial charge on any atom is 0.259 e. The van der Waals surface area contributed by atoms with Gasteiger partial charge in [-0.15, -0.1) is 0 Å². The fraction of sp³-hybridized carbons (Fsp3) is 0.125. The molecule has 0 unspecified atom stereocenters. The Morgan fingerprint density at radius 3 is 2.82 bits per heavy atom. The number of fused-ring (bicyclic) bond motifs is 1. The van der Waals surface area contributed by atoms with Gasteiger partial charge in [0.1, 0.15) is 17.3 Å². The molecule has 0 fully saturated rings. The molecule has 1 aromatic heterocycles. The Morgan fingerprint density at radius 2 is 2.09 bits per heavy atom. The molecule has 0 amide bonds. The molecule has 0 atom stereocenters. The number of ether oxygens (including phenoxy) is 1. The summed E-state index contributed by atoms with van der Waals surface area (Å²) < 4.78 is 5.32. The van der Waals surface area contributed by atoms with Gasteiger partial charge in [0.15, 0.2) is 0 Å². The Morgan fingerprint density at radius 1 is 1.27 bits per heavy atom. The molecular formula is C16H13ClN2O3. The van der Waals surface area contributed by atoms with Gasteiger partial charge >= 0.3 is 0 Å². The van der Waals surface area contributed by atoms with Gasteiger partial charge in [-0.2, -0.15) is 0 Å². The minimum Gasteiger partial charge on any atom is -0.507 e. The van der Waals surface area contributed by atoms with Gasteiger partial charge in [0.25, 0.3) is 5.56 Å². The van der Waals surface area contributed by atoms with Crippen molar-refractivity contribution in [2.75, 3.05) is 6.61 Å². The van der Waals surface area contributed by atoms with E-state index >= 15 is 0 Å². The number of nitrogens with zero attached hydrogens (tertiary/aromatic N) is 1. The molecule has 3 rings (SSSR count). The molecule has 0 aliphatic heterocycles. The number of hydrogen-bond donors (Lipinski definition) is 2. The van der Waals surface area contributed by atoms with Crippen molar-refractivity contribution in [1.29, 1.82) is 0 Å². The fourth-order valence-corrected chi connectivity index (χ4v) is 2.38. The number of nitrogens with one attached hydrogen (secondary N) is 1. The minimum atomic E-state index is -0.309. The van der Waals surface area contributed by atoms with E-state index in [9.17, 15) is 9.90 Å². The largest absolute Gasteiger partial charge is 0.507 e. The highest BCUT2D eigenvalue weighted by Crippen LogP contribution is 2.30. The number of aromatic nitrogens is 2. The summed E-state index contributed by atoms with van der Waals surface area (Å²) in [6, 6.07) is 9.75. The van der Waals surface area contributed by atoms with Crippen molar-refractivity contribution in [1.82, 2.24) is 9.97 Å². The first kappa shape index (κ1) is 14.4. The fourth-order valence-electron chi connectivity index (χ4n) is 2.21. The highest BCUT2D eigenvalue weighted by molar-refractivity contribution is 6.31. The van der Waals surface area contributed by atoms with Gasteiger partial charge in [-0.25, -0.2) is 4.98 Å². The highest BCUT2D eigenvalue weighted by atomic mass is 35.5. The van der Waals surface area contributed by atoms with Gasteiger partial charge in [0.05, 0.1) is 23.1 Å². The van der Waals surface area contributed by atoms with Crippen LogP contribution in [0.15, 0.2) is 41.2 Å². The molecule has 3 aromatic rings. The number of aromatic amines is 1. The molecule has 22 heavy (non-hydrogen) atoms. The Kier molecular flexibility index (Phi) is 3.73. The van der Waals surface area contributed by atoms with Gasteiger partial charge in [-0.05, 0) is 37.3 Å². The van der Waals surface area contributed by atoms with Gasteiger partial charge in [-0.1, -0.05) is 11.6 Å². The van der Waals surface area contributed by atoms with E-state index in [-0.39, 0.29) is 11.3 Å². The third-order valence-corrected chi connectivity index (χ3v) is 3.44. The summed E-state index contributed by atoms with van der Waals surface area (Å²) >= 11 is 5.89. The van der Waals surface area contributed by atoms with Gasteiger partial charge in [0.2, 0.25) is 0 Å². The molecular weight excluding hydrogens is 304 g/mol. The molecule has 0 saturated carbocycles. The average Bonchev–Trinajstić information content (AvgIpc) is 2.48. The molecule has 2 N–H and O–H groups in total. The molecule has 0 bridgehead atoms. The minimum absolute atomic E-state index is 0.0117. The van der Waals surface area contributed by atoms with Crippen LogP contribution in [0, 0.1) is 0 Å². The zero-order valence-electron chi connectivity index (χ0n) is 11.8. The molecule has 1 heterocycles. The molecule has 0 aliphatic rings. The molecule has 0 radical (unpaired) electrons. The number of aromatic hydroxyl groups is 1. The van der Waals surface area contributed by atoms with Crippen LogP contribution in [0.1, 0.15) is 6.92 Å². The summed E-state index contributed by atoms with van der Waals surface area (Å²) in [5.41, 5.74) is 0.629. The van der Waals surface area contributed by atoms with Crippen LogP contribution in [-0.2, 0) is 0 Å². The van der Waals surface area contributed by atoms with E-state index in [4.69, 9.17) is 16.3 Å². The van der Waals surface area contributed by atoms with Crippen molar-refractivity contribution in [3.8, 4) is 22.9 Å². The number of halogens is 1. The molecule has 0 aliphatic carbocycles. The number of benzene rings is 2. The number of phenols is 1. The van der Waals surface area contributed by atoms with Crippen molar-refractivity contribution >= 4 is 22.5 Å². The van der Waals surface area contributed by atoms with E-state index in [0.29, 0.717) is 39.7 Å². The molecule has 0 saturated heterocycles. The number of H-pyrrole nitrogens is 1. The second-order valence-electron chi connectivity index (χ2n) is 4.69. The third-order valence-electron chi connectivity index (χ3n) is 3.20. The molecule has 2 aromatic carbocycles. The quantitative estimate of drug-likeness (QED) is 0.777. The Bertz CT molecular complexity index is 906. The lowest BCUT2D eigenvalue weighted by molar-refractivity contribution is 0.338. The first-order chi connectivity index (χ1) is 10.6. The van der Waals surface area contributed by atoms with E-state index in [1.807, 2.05) is 6.92 Å². The van der Waals surface area contributed by atoms with Gasteiger partial charge < -0.3 is 14.8 Å². The SMILES string of the molecule is CCOc1ccc(-c2nc3ccc(Cl)cc3c(=O)[nH]2)c(O)c1. The number of phenolic OH excluding ortho intramolecular Hbond substituents is 1. The second-order valence-corrected chi connectivity index (χ2v) is 5.12. The third kappa shape index (κ3) is 2.63. The summed E-state index contributed by atoms with van der Waals surface area (Å²) in [6.45, 7) is 2.36. The van der Waals surface area contributed by atoms with E-state index < -0.39 is 0 Å². The lowest BCUT2D eigenvalue weighted by Gasteiger charge is -2.08. The normalized spacial score (nSPS) is 10.8. The standard InChI is InChI=1S/C16H13ClN2O3/c1-2-22-10-4-5-11(14(20)8-10)15-18-13-6-3-9(17)7-12(13)16(21)19-15/h3-8,20H,2H2,1H3,(H,18,19,21). The zero-order chi connectivity index (χ0) is 15.7. The number of hydrogen-bond acceptors (Lipinski definition) is 4. The van der Waals surface area contributed by atoms with Crippen LogP contribution < -0.4 is 10.3 Å². The van der Waals surface area contributed by atoms with Crippen molar-refractivity contribution in [3.05, 3.63) is 51.8 Å². The summed E-state index contributed by atoms with van der Waals surface area (Å²) in [6.07, 6.45) is 0. The van der Waals surface area contributed by atoms with E-state index in [1.54, 1.807) is 30.3 Å². The van der Waals surface area contributed by atoms with Crippen molar-refractivity contribution in [2.24, 2.45) is 0 Å². The van der Waals surface area contributed by atoms with Crippen LogP contribution in [0.25, 0.3) is 22.3 Å². The Balaban J connectivity index is 2.14. The summed E-state index contributed by atoms with van der Waals surface area (Å²) in [5, 5.41) is 11.0. The smallest absolute Gasteiger partial charge is 0.259 e. The maximum atomic E-state index is 12.1. The van der Waals surface area contributed by atoms with Crippen LogP contribution in [0.5, 0.6) is 11.5 Å². The molecule has 0 spiro atoms. The topological polar surface area (TPSA) is 75.2 Å². The van der Waals surface area contributed by atoms with E-state index in [2.05, 4.69) is 9.97 Å². The first-order valence-electron chi connectivity index (χ1n) is 6.74. The Hall–Kier alpha value is -2.53. The summed E-state index contributed by atoms with van der Waals surface area (Å²) in [4.78, 5) is 19.2. The van der Waals surface area contributed by atoms with Crippen LogP contribution in [0.3, 0.4) is 0 Å². The second kappa shape index (κ2) is 5.69. The van der Waals surface area contributed by atoms with Crippen LogP contribution >= 0.6 is 11.6 Å². The lowest BCUT2D eigenvalue weighted by atomic mass is 10.1. The van der Waals surface area contributed by atoms with Gasteiger partial charge in [-0.3, -0.25) is 4.79 Å². The zero-order valence-corrected chi connectivity index (χ0v) is 12.5. The van der Waals surface area contributed by atoms with Crippen molar-refractivity contribution in [2.45, 2.75) is 6.92 Å². The van der Waals surface area contributed by atoms with Gasteiger partial charge in [0, 0.05) is 11.1 Å².